The first-order chi connectivity index (χ1) is 24.2. The quantitative estimate of drug-likeness (QED) is 0.0501. The van der Waals surface area contributed by atoms with Crippen molar-refractivity contribution in [1.29, 1.82) is 0 Å². The lowest BCUT2D eigenvalue weighted by Gasteiger charge is -2.20. The van der Waals surface area contributed by atoms with Crippen LogP contribution in [-0.2, 0) is 42.9 Å². The third-order valence-electron chi connectivity index (χ3n) is 7.30. The smallest absolute Gasteiger partial charge is 0.441 e. The fourth-order valence-electron chi connectivity index (χ4n) is 5.13. The number of amides is 1. The molecule has 0 radical (unpaired) electrons. The van der Waals surface area contributed by atoms with Crippen LogP contribution in [0.15, 0.2) is 29.2 Å². The van der Waals surface area contributed by atoms with E-state index in [0.29, 0.717) is 6.54 Å². The second kappa shape index (κ2) is 16.3. The minimum atomic E-state index is -5.72. The Morgan fingerprint density at radius 2 is 1.96 bits per heavy atom. The number of nitro benzene ring substituents is 1. The molecule has 1 saturated heterocycles. The maximum atomic E-state index is 12.9. The topological polar surface area (TPSA) is 339 Å². The molecule has 3 unspecified atom stereocenters. The predicted molar refractivity (Wildman–Crippen MR) is 178 cm³/mol. The number of carbonyl (C=O) groups is 1. The highest BCUT2D eigenvalue weighted by molar-refractivity contribution is 7.66. The largest absolute Gasteiger partial charge is 0.490 e. The molecule has 9 N–H and O–H groups in total. The number of nitrogens with one attached hydrogen (secondary N) is 3. The summed E-state index contributed by atoms with van der Waals surface area (Å²) in [6.07, 6.45) is -2.08. The molecule has 1 fully saturated rings. The molecule has 0 spiro atoms. The van der Waals surface area contributed by atoms with Gasteiger partial charge in [-0.15, -0.1) is 0 Å². The Kier molecular flexibility index (Phi) is 12.8. The molecule has 26 heteroatoms. The predicted octanol–water partition coefficient (Wildman–Crippen LogP) is 2.04. The molecule has 0 bridgehead atoms. The normalized spacial score (nSPS) is 20.3. The number of nitrogens with zero attached hydrogens (tertiary/aromatic N) is 3. The van der Waals surface area contributed by atoms with Crippen LogP contribution in [0.3, 0.4) is 0 Å². The fourth-order valence-corrected chi connectivity index (χ4v) is 8.16. The van der Waals surface area contributed by atoms with E-state index in [-0.39, 0.29) is 46.8 Å². The van der Waals surface area contributed by atoms with Gasteiger partial charge in [-0.25, -0.2) is 18.5 Å². The molecule has 1 aromatic carbocycles. The van der Waals surface area contributed by atoms with Crippen LogP contribution in [0.25, 0.3) is 11.0 Å². The third-order valence-corrected chi connectivity index (χ3v) is 11.1. The number of rotatable bonds is 14. The summed E-state index contributed by atoms with van der Waals surface area (Å²) in [5, 5.41) is 16.9. The number of aromatic nitrogens is 3. The Hall–Kier alpha value is -4.00. The van der Waals surface area contributed by atoms with Crippen molar-refractivity contribution in [2.45, 2.75) is 45.2 Å². The fraction of sp³-hybridized carbons (Fsp3) is 0.423. The van der Waals surface area contributed by atoms with E-state index in [0.717, 1.165) is 5.56 Å². The molecule has 4 rings (SSSR count). The van der Waals surface area contributed by atoms with Gasteiger partial charge in [0.15, 0.2) is 5.65 Å². The summed E-state index contributed by atoms with van der Waals surface area (Å²) in [6.45, 7) is 2.63. The van der Waals surface area contributed by atoms with E-state index in [1.54, 1.807) is 26.1 Å². The number of H-pyrrole nitrogens is 1. The van der Waals surface area contributed by atoms with E-state index < -0.39 is 71.0 Å². The SMILES string of the molecule is CNCc1ccc([N+](=O)[O-])c(C(C)OC(=O)NCC#Cc2cn([C@H]3C[C@@H](C)[C@@H](COP(=O)(O)OP(=O)(O)OP(=O)(O)O)O3)c3nc(N)[nH]c(=O)c23)c1. The summed E-state index contributed by atoms with van der Waals surface area (Å²) < 4.78 is 59.5. The molecule has 1 amide bonds. The Balaban J connectivity index is 1.45. The Labute approximate surface area is 293 Å². The molecule has 0 aliphatic carbocycles. The Bertz CT molecular complexity index is 2110. The van der Waals surface area contributed by atoms with E-state index in [1.807, 2.05) is 0 Å². The van der Waals surface area contributed by atoms with Crippen molar-refractivity contribution in [3.05, 3.63) is 61.6 Å². The molecule has 284 valence electrons. The summed E-state index contributed by atoms with van der Waals surface area (Å²) in [6, 6.07) is 4.48. The lowest BCUT2D eigenvalue weighted by molar-refractivity contribution is -0.386. The number of nitro groups is 1. The zero-order chi connectivity index (χ0) is 38.6. The van der Waals surface area contributed by atoms with Crippen LogP contribution in [0.1, 0.15) is 49.3 Å². The van der Waals surface area contributed by atoms with Crippen LogP contribution in [-0.4, -0.2) is 71.4 Å². The zero-order valence-corrected chi connectivity index (χ0v) is 30.1. The third kappa shape index (κ3) is 10.8. The van der Waals surface area contributed by atoms with Gasteiger partial charge in [-0.1, -0.05) is 24.8 Å². The number of hydrogen-bond acceptors (Lipinski definition) is 15. The minimum absolute atomic E-state index is 0.0135. The van der Waals surface area contributed by atoms with Crippen LogP contribution in [0, 0.1) is 27.9 Å². The second-order valence-corrected chi connectivity index (χ2v) is 15.6. The molecule has 3 aromatic rings. The van der Waals surface area contributed by atoms with Crippen molar-refractivity contribution in [1.82, 2.24) is 25.2 Å². The average molecular weight is 794 g/mol. The highest BCUT2D eigenvalue weighted by atomic mass is 31.3. The number of phosphoric acid groups is 3. The standard InChI is InChI=1S/C26H34N7O16P3/c1-14-9-21(47-20(14)13-45-51(41,42)49-52(43,44)48-50(38,39)40)32-12-17(22-23(32)30-25(27)31-24(22)34)5-4-8-29-26(35)46-15(2)18-10-16(11-28-3)6-7-19(18)33(36)37/h6-7,10,12,14-15,20-21,28H,8-9,11,13H2,1-3H3,(H,29,35)(H,41,42)(H,43,44)(H2,38,39,40)(H3,27,30,31,34)/t14-,15?,20-,21-/m1/s1. The number of nitrogen functional groups attached to an aromatic ring is 1. The number of ether oxygens (including phenoxy) is 2. The first-order valence-electron chi connectivity index (χ1n) is 14.9. The van der Waals surface area contributed by atoms with E-state index in [4.69, 9.17) is 29.5 Å². The van der Waals surface area contributed by atoms with Crippen LogP contribution >= 0.6 is 23.5 Å². The highest BCUT2D eigenvalue weighted by Crippen LogP contribution is 2.66. The number of carbonyl (C=O) groups excluding carboxylic acids is 1. The molecule has 52 heavy (non-hydrogen) atoms. The minimum Gasteiger partial charge on any atom is -0.441 e. The summed E-state index contributed by atoms with van der Waals surface area (Å²) >= 11 is 0. The molecular weight excluding hydrogens is 759 g/mol. The monoisotopic (exact) mass is 793 g/mol. The second-order valence-electron chi connectivity index (χ2n) is 11.2. The molecule has 2 aromatic heterocycles. The maximum Gasteiger partial charge on any atom is 0.490 e. The van der Waals surface area contributed by atoms with Gasteiger partial charge in [0.2, 0.25) is 5.95 Å². The summed E-state index contributed by atoms with van der Waals surface area (Å²) in [5.41, 5.74) is 6.04. The van der Waals surface area contributed by atoms with Gasteiger partial charge < -0.3 is 50.0 Å². The summed E-state index contributed by atoms with van der Waals surface area (Å²) in [4.78, 5) is 79.5. The van der Waals surface area contributed by atoms with Gasteiger partial charge in [-0.2, -0.15) is 13.6 Å². The van der Waals surface area contributed by atoms with E-state index in [2.05, 4.69) is 41.1 Å². The molecule has 1 aliphatic heterocycles. The number of benzene rings is 1. The van der Waals surface area contributed by atoms with Gasteiger partial charge >= 0.3 is 29.6 Å². The molecule has 6 atom stereocenters. The Morgan fingerprint density at radius 3 is 2.62 bits per heavy atom. The summed E-state index contributed by atoms with van der Waals surface area (Å²) in [7, 11) is -15.0. The van der Waals surface area contributed by atoms with Gasteiger partial charge in [-0.05, 0) is 37.9 Å². The molecule has 23 nitrogen and oxygen atoms in total. The zero-order valence-electron chi connectivity index (χ0n) is 27.4. The van der Waals surface area contributed by atoms with Crippen molar-refractivity contribution in [3.8, 4) is 11.8 Å². The van der Waals surface area contributed by atoms with E-state index in [9.17, 15) is 43.2 Å². The lowest BCUT2D eigenvalue weighted by Crippen LogP contribution is -2.26. The van der Waals surface area contributed by atoms with Gasteiger partial charge in [0.1, 0.15) is 12.3 Å². The number of nitrogens with two attached hydrogens (primary N) is 1. The lowest BCUT2D eigenvalue weighted by atomic mass is 10.0. The number of alkyl carbamates (subject to hydrolysis) is 1. The van der Waals surface area contributed by atoms with Crippen LogP contribution < -0.4 is 21.9 Å². The van der Waals surface area contributed by atoms with Crippen molar-refractivity contribution >= 4 is 52.2 Å². The Morgan fingerprint density at radius 1 is 1.25 bits per heavy atom. The highest BCUT2D eigenvalue weighted by Gasteiger charge is 2.42. The molecule has 1 aliphatic rings. The van der Waals surface area contributed by atoms with Crippen LogP contribution in [0.2, 0.25) is 0 Å². The number of aromatic amines is 1. The maximum absolute atomic E-state index is 12.9. The first kappa shape index (κ1) is 40.8. The molecule has 0 saturated carbocycles. The van der Waals surface area contributed by atoms with E-state index in [1.165, 1.54) is 23.8 Å². The van der Waals surface area contributed by atoms with Crippen molar-refractivity contribution < 1.29 is 65.6 Å². The van der Waals surface area contributed by atoms with Gasteiger partial charge in [-0.3, -0.25) is 24.4 Å². The van der Waals surface area contributed by atoms with Crippen LogP contribution in [0.4, 0.5) is 16.4 Å². The van der Waals surface area contributed by atoms with Crippen molar-refractivity contribution in [2.24, 2.45) is 5.92 Å². The summed E-state index contributed by atoms with van der Waals surface area (Å²) in [5.74, 6) is 4.80. The number of phosphoric ester groups is 1. The van der Waals surface area contributed by atoms with E-state index >= 15 is 0 Å². The average Bonchev–Trinajstić information content (AvgIpc) is 3.56. The molecule has 3 heterocycles. The first-order valence-corrected chi connectivity index (χ1v) is 19.4. The van der Waals surface area contributed by atoms with Crippen LogP contribution in [0.5, 0.6) is 0 Å². The van der Waals surface area contributed by atoms with Gasteiger partial charge in [0.05, 0.1) is 40.7 Å². The number of hydrogen-bond donors (Lipinski definition) is 8. The number of anilines is 1. The van der Waals surface area contributed by atoms with Gasteiger partial charge in [0, 0.05) is 18.8 Å². The van der Waals surface area contributed by atoms with Crippen molar-refractivity contribution in [3.63, 3.8) is 0 Å². The van der Waals surface area contributed by atoms with Gasteiger partial charge in [0.25, 0.3) is 11.2 Å². The number of fused-ring (bicyclic) bond motifs is 1. The van der Waals surface area contributed by atoms with Crippen molar-refractivity contribution in [2.75, 3.05) is 25.9 Å². The molecular formula is C26H34N7O16P3.